The quantitative estimate of drug-likeness (QED) is 0.849. The maximum atomic E-state index is 12.1. The van der Waals surface area contributed by atoms with Gasteiger partial charge in [-0.3, -0.25) is 4.79 Å². The highest BCUT2D eigenvalue weighted by molar-refractivity contribution is 6.05. The lowest BCUT2D eigenvalue weighted by atomic mass is 10.0. The second-order valence-corrected chi connectivity index (χ2v) is 4.18. The Bertz CT molecular complexity index is 576. The Balaban J connectivity index is 2.22. The van der Waals surface area contributed by atoms with Gasteiger partial charge in [-0.25, -0.2) is 4.98 Å². The third-order valence-corrected chi connectivity index (χ3v) is 2.88. The summed E-state index contributed by atoms with van der Waals surface area (Å²) in [4.78, 5) is 16.1. The van der Waals surface area contributed by atoms with Gasteiger partial charge in [0, 0.05) is 5.56 Å². The molecule has 0 bridgehead atoms. The summed E-state index contributed by atoms with van der Waals surface area (Å²) in [7, 11) is 0. The number of amides is 1. The molecule has 1 amide bonds. The van der Waals surface area contributed by atoms with Crippen molar-refractivity contribution in [2.45, 2.75) is 13.8 Å². The number of hydrogen-bond acceptors (Lipinski definition) is 3. The standard InChI is InChI=1S/C14H15N3O/c1-9-4-3-5-12(10(9)2)14(18)17-13-7-6-11(15)8-16-13/h3-8H,15H2,1-2H3,(H,16,17,18). The van der Waals surface area contributed by atoms with Crippen LogP contribution in [0.5, 0.6) is 0 Å². The molecule has 0 aliphatic carbocycles. The number of hydrogen-bond donors (Lipinski definition) is 2. The van der Waals surface area contributed by atoms with Crippen molar-refractivity contribution >= 4 is 17.4 Å². The molecule has 0 saturated carbocycles. The number of nitrogens with one attached hydrogen (secondary N) is 1. The van der Waals surface area contributed by atoms with Gasteiger partial charge in [0.05, 0.1) is 11.9 Å². The largest absolute Gasteiger partial charge is 0.397 e. The number of nitrogens with two attached hydrogens (primary N) is 1. The summed E-state index contributed by atoms with van der Waals surface area (Å²) in [6.07, 6.45) is 1.51. The maximum absolute atomic E-state index is 12.1. The first-order chi connectivity index (χ1) is 8.58. The van der Waals surface area contributed by atoms with Crippen LogP contribution in [-0.2, 0) is 0 Å². The third-order valence-electron chi connectivity index (χ3n) is 2.88. The molecule has 0 atom stereocenters. The normalized spacial score (nSPS) is 10.1. The highest BCUT2D eigenvalue weighted by Gasteiger charge is 2.10. The minimum atomic E-state index is -0.159. The molecule has 0 aliphatic heterocycles. The van der Waals surface area contributed by atoms with Crippen LogP contribution in [0.3, 0.4) is 0 Å². The van der Waals surface area contributed by atoms with Crippen LogP contribution in [0.15, 0.2) is 36.5 Å². The molecule has 0 saturated heterocycles. The summed E-state index contributed by atoms with van der Waals surface area (Å²) in [6.45, 7) is 3.91. The summed E-state index contributed by atoms with van der Waals surface area (Å²) in [6, 6.07) is 9.03. The van der Waals surface area contributed by atoms with Gasteiger partial charge in [-0.1, -0.05) is 12.1 Å². The second kappa shape index (κ2) is 4.87. The summed E-state index contributed by atoms with van der Waals surface area (Å²) in [5.41, 5.74) is 8.84. The Morgan fingerprint density at radius 1 is 1.22 bits per heavy atom. The molecule has 18 heavy (non-hydrogen) atoms. The molecule has 0 radical (unpaired) electrons. The first-order valence-corrected chi connectivity index (χ1v) is 5.67. The molecule has 4 nitrogen and oxygen atoms in total. The van der Waals surface area contributed by atoms with Crippen molar-refractivity contribution in [3.63, 3.8) is 0 Å². The smallest absolute Gasteiger partial charge is 0.257 e. The zero-order valence-corrected chi connectivity index (χ0v) is 10.4. The maximum Gasteiger partial charge on any atom is 0.257 e. The molecule has 2 rings (SSSR count). The van der Waals surface area contributed by atoms with Gasteiger partial charge >= 0.3 is 0 Å². The van der Waals surface area contributed by atoms with Gasteiger partial charge in [-0.2, -0.15) is 0 Å². The van der Waals surface area contributed by atoms with E-state index in [0.29, 0.717) is 17.1 Å². The van der Waals surface area contributed by atoms with E-state index in [2.05, 4.69) is 10.3 Å². The van der Waals surface area contributed by atoms with Crippen molar-refractivity contribution in [1.29, 1.82) is 0 Å². The Hall–Kier alpha value is -2.36. The van der Waals surface area contributed by atoms with E-state index in [9.17, 15) is 4.79 Å². The van der Waals surface area contributed by atoms with Crippen molar-refractivity contribution in [2.75, 3.05) is 11.1 Å². The van der Waals surface area contributed by atoms with Gasteiger partial charge in [0.2, 0.25) is 0 Å². The first kappa shape index (κ1) is 12.1. The van der Waals surface area contributed by atoms with Gasteiger partial charge < -0.3 is 11.1 Å². The predicted molar refractivity (Wildman–Crippen MR) is 72.5 cm³/mol. The Kier molecular flexibility index (Phi) is 3.28. The highest BCUT2D eigenvalue weighted by atomic mass is 16.1. The minimum absolute atomic E-state index is 0.159. The average molecular weight is 241 g/mol. The van der Waals surface area contributed by atoms with E-state index in [0.717, 1.165) is 11.1 Å². The van der Waals surface area contributed by atoms with E-state index < -0.39 is 0 Å². The van der Waals surface area contributed by atoms with Gasteiger partial charge in [0.1, 0.15) is 5.82 Å². The lowest BCUT2D eigenvalue weighted by Crippen LogP contribution is -2.14. The molecule has 0 fully saturated rings. The number of anilines is 2. The van der Waals surface area contributed by atoms with E-state index in [4.69, 9.17) is 5.73 Å². The Morgan fingerprint density at radius 3 is 2.67 bits per heavy atom. The minimum Gasteiger partial charge on any atom is -0.397 e. The second-order valence-electron chi connectivity index (χ2n) is 4.18. The third kappa shape index (κ3) is 2.48. The van der Waals surface area contributed by atoms with Crippen LogP contribution in [0.25, 0.3) is 0 Å². The van der Waals surface area contributed by atoms with E-state index in [1.165, 1.54) is 6.20 Å². The fourth-order valence-corrected chi connectivity index (χ4v) is 1.66. The molecule has 1 aromatic heterocycles. The fraction of sp³-hybridized carbons (Fsp3) is 0.143. The number of benzene rings is 1. The Labute approximate surface area is 106 Å². The molecular weight excluding hydrogens is 226 g/mol. The van der Waals surface area contributed by atoms with Gasteiger partial charge in [-0.05, 0) is 43.2 Å². The number of aromatic nitrogens is 1. The van der Waals surface area contributed by atoms with Crippen molar-refractivity contribution in [3.8, 4) is 0 Å². The van der Waals surface area contributed by atoms with Crippen LogP contribution in [-0.4, -0.2) is 10.9 Å². The molecule has 4 heteroatoms. The number of nitrogen functional groups attached to an aromatic ring is 1. The lowest BCUT2D eigenvalue weighted by molar-refractivity contribution is 0.102. The van der Waals surface area contributed by atoms with E-state index in [1.807, 2.05) is 26.0 Å². The molecule has 0 unspecified atom stereocenters. The number of pyridine rings is 1. The molecule has 92 valence electrons. The van der Waals surface area contributed by atoms with Crippen LogP contribution in [0.2, 0.25) is 0 Å². The number of nitrogens with zero attached hydrogens (tertiary/aromatic N) is 1. The van der Waals surface area contributed by atoms with Crippen molar-refractivity contribution in [3.05, 3.63) is 53.2 Å². The number of rotatable bonds is 2. The highest BCUT2D eigenvalue weighted by Crippen LogP contribution is 2.14. The summed E-state index contributed by atoms with van der Waals surface area (Å²) in [5, 5.41) is 2.75. The molecule has 2 aromatic rings. The van der Waals surface area contributed by atoms with Gasteiger partial charge in [0.25, 0.3) is 5.91 Å². The van der Waals surface area contributed by atoms with E-state index in [-0.39, 0.29) is 5.91 Å². The van der Waals surface area contributed by atoms with Crippen LogP contribution < -0.4 is 11.1 Å². The number of aryl methyl sites for hydroxylation is 1. The number of carbonyl (C=O) groups excluding carboxylic acids is 1. The average Bonchev–Trinajstić information content (AvgIpc) is 2.35. The first-order valence-electron chi connectivity index (χ1n) is 5.67. The molecule has 3 N–H and O–H groups in total. The van der Waals surface area contributed by atoms with Crippen LogP contribution in [0, 0.1) is 13.8 Å². The van der Waals surface area contributed by atoms with E-state index in [1.54, 1.807) is 18.2 Å². The van der Waals surface area contributed by atoms with Crippen LogP contribution in [0.4, 0.5) is 11.5 Å². The van der Waals surface area contributed by atoms with E-state index >= 15 is 0 Å². The monoisotopic (exact) mass is 241 g/mol. The fourth-order valence-electron chi connectivity index (χ4n) is 1.66. The van der Waals surface area contributed by atoms with Gasteiger partial charge in [0.15, 0.2) is 0 Å². The molecule has 0 spiro atoms. The summed E-state index contributed by atoms with van der Waals surface area (Å²) >= 11 is 0. The zero-order valence-electron chi connectivity index (χ0n) is 10.4. The van der Waals surface area contributed by atoms with Crippen molar-refractivity contribution in [1.82, 2.24) is 4.98 Å². The van der Waals surface area contributed by atoms with Gasteiger partial charge in [-0.15, -0.1) is 0 Å². The van der Waals surface area contributed by atoms with Crippen LogP contribution in [0.1, 0.15) is 21.5 Å². The lowest BCUT2D eigenvalue weighted by Gasteiger charge is -2.09. The molecular formula is C14H15N3O. The predicted octanol–water partition coefficient (Wildman–Crippen LogP) is 2.53. The van der Waals surface area contributed by atoms with Crippen molar-refractivity contribution in [2.24, 2.45) is 0 Å². The molecule has 1 heterocycles. The SMILES string of the molecule is Cc1cccc(C(=O)Nc2ccc(N)cn2)c1C. The van der Waals surface area contributed by atoms with Crippen LogP contribution >= 0.6 is 0 Å². The number of carbonyl (C=O) groups is 1. The summed E-state index contributed by atoms with van der Waals surface area (Å²) < 4.78 is 0. The summed E-state index contributed by atoms with van der Waals surface area (Å²) in [5.74, 6) is 0.337. The molecule has 0 aliphatic rings. The molecule has 1 aromatic carbocycles. The zero-order chi connectivity index (χ0) is 13.1. The van der Waals surface area contributed by atoms with Crippen molar-refractivity contribution < 1.29 is 4.79 Å². The topological polar surface area (TPSA) is 68.0 Å². The Morgan fingerprint density at radius 2 is 2.00 bits per heavy atom.